The summed E-state index contributed by atoms with van der Waals surface area (Å²) < 4.78 is 13.6. The van der Waals surface area contributed by atoms with Gasteiger partial charge in [0.05, 0.1) is 19.4 Å². The van der Waals surface area contributed by atoms with Crippen molar-refractivity contribution >= 4 is 0 Å². The second-order valence-electron chi connectivity index (χ2n) is 6.97. The summed E-state index contributed by atoms with van der Waals surface area (Å²) in [5.74, 6) is 1.46. The van der Waals surface area contributed by atoms with E-state index in [-0.39, 0.29) is 0 Å². The first-order valence-electron chi connectivity index (χ1n) is 10.2. The van der Waals surface area contributed by atoms with Crippen molar-refractivity contribution in [2.24, 2.45) is 0 Å². The van der Waals surface area contributed by atoms with Crippen LogP contribution in [0.25, 0.3) is 17.1 Å². The van der Waals surface area contributed by atoms with Gasteiger partial charge in [0.25, 0.3) is 0 Å². The number of hydrogen-bond acceptors (Lipinski definition) is 4. The van der Waals surface area contributed by atoms with Crippen molar-refractivity contribution in [3.05, 3.63) is 90.5 Å². The van der Waals surface area contributed by atoms with Gasteiger partial charge in [0.2, 0.25) is 0 Å². The number of unbranched alkanes of at least 4 members (excludes halogenated alkanes) is 1. The maximum atomic E-state index is 6.06. The van der Waals surface area contributed by atoms with Crippen molar-refractivity contribution < 1.29 is 9.47 Å². The molecule has 3 aromatic carbocycles. The van der Waals surface area contributed by atoms with E-state index in [1.54, 1.807) is 7.11 Å². The summed E-state index contributed by atoms with van der Waals surface area (Å²) in [6.45, 7) is 0.578. The molecule has 0 bridgehead atoms. The maximum absolute atomic E-state index is 6.06. The van der Waals surface area contributed by atoms with Crippen LogP contribution in [-0.2, 0) is 6.42 Å². The van der Waals surface area contributed by atoms with Gasteiger partial charge in [0, 0.05) is 5.56 Å². The van der Waals surface area contributed by atoms with Crippen LogP contribution in [0.5, 0.6) is 11.8 Å². The minimum atomic E-state index is 0.470. The predicted molar refractivity (Wildman–Crippen MR) is 118 cm³/mol. The fraction of sp³-hybridized carbons (Fsp3) is 0.200. The Labute approximate surface area is 176 Å². The summed E-state index contributed by atoms with van der Waals surface area (Å²) in [5.41, 5.74) is 3.17. The lowest BCUT2D eigenvalue weighted by Gasteiger charge is -2.14. The molecule has 0 unspecified atom stereocenters. The van der Waals surface area contributed by atoms with E-state index in [0.717, 1.165) is 42.1 Å². The molecule has 0 saturated heterocycles. The number of ether oxygens (including phenoxy) is 2. The van der Waals surface area contributed by atoms with Crippen LogP contribution in [0.15, 0.2) is 84.9 Å². The molecule has 0 spiro atoms. The van der Waals surface area contributed by atoms with E-state index in [9.17, 15) is 0 Å². The molecule has 0 aliphatic heterocycles. The van der Waals surface area contributed by atoms with Gasteiger partial charge >= 0.3 is 6.01 Å². The highest BCUT2D eigenvalue weighted by atomic mass is 16.5. The number of methoxy groups -OCH3 is 1. The highest BCUT2D eigenvalue weighted by Crippen LogP contribution is 2.31. The number of benzene rings is 3. The van der Waals surface area contributed by atoms with Crippen LogP contribution < -0.4 is 9.47 Å². The monoisotopic (exact) mass is 399 g/mol. The zero-order valence-corrected chi connectivity index (χ0v) is 17.1. The van der Waals surface area contributed by atoms with Crippen LogP contribution in [0.2, 0.25) is 0 Å². The Morgan fingerprint density at radius 2 is 1.47 bits per heavy atom. The molecule has 0 radical (unpaired) electrons. The first kappa shape index (κ1) is 19.7. The minimum absolute atomic E-state index is 0.470. The lowest BCUT2D eigenvalue weighted by atomic mass is 10.1. The molecule has 0 fully saturated rings. The van der Waals surface area contributed by atoms with Crippen molar-refractivity contribution in [2.75, 3.05) is 13.7 Å². The Morgan fingerprint density at radius 3 is 2.23 bits per heavy atom. The number of aromatic nitrogens is 3. The number of nitrogens with zero attached hydrogens (tertiary/aromatic N) is 3. The van der Waals surface area contributed by atoms with Crippen LogP contribution in [0.1, 0.15) is 18.4 Å². The Hall–Kier alpha value is -3.60. The third kappa shape index (κ3) is 4.51. The third-order valence-corrected chi connectivity index (χ3v) is 4.93. The SMILES string of the molecule is COc1ccccc1-n1c(OCCCCc2ccccc2)nnc1-c1ccccc1. The van der Waals surface area contributed by atoms with Gasteiger partial charge < -0.3 is 9.47 Å². The quantitative estimate of drug-likeness (QED) is 0.356. The Morgan fingerprint density at radius 1 is 0.767 bits per heavy atom. The first-order valence-corrected chi connectivity index (χ1v) is 10.2. The summed E-state index contributed by atoms with van der Waals surface area (Å²) in [7, 11) is 1.66. The second kappa shape index (κ2) is 9.74. The molecule has 0 aliphatic carbocycles. The summed E-state index contributed by atoms with van der Waals surface area (Å²) in [5, 5.41) is 8.75. The molecule has 0 aliphatic rings. The van der Waals surface area contributed by atoms with Crippen molar-refractivity contribution in [3.63, 3.8) is 0 Å². The van der Waals surface area contributed by atoms with E-state index < -0.39 is 0 Å². The standard InChI is InChI=1S/C25H25N3O2/c1-29-23-18-9-8-17-22(23)28-24(21-15-6-3-7-16-21)26-27-25(28)30-19-11-10-14-20-12-4-2-5-13-20/h2-9,12-13,15-18H,10-11,14,19H2,1H3. The fourth-order valence-electron chi connectivity index (χ4n) is 3.41. The Kier molecular flexibility index (Phi) is 6.40. The van der Waals surface area contributed by atoms with E-state index in [2.05, 4.69) is 34.5 Å². The van der Waals surface area contributed by atoms with Crippen LogP contribution >= 0.6 is 0 Å². The molecule has 5 nitrogen and oxygen atoms in total. The molecular formula is C25H25N3O2. The average Bonchev–Trinajstić information content (AvgIpc) is 3.23. The summed E-state index contributed by atoms with van der Waals surface area (Å²) in [6, 6.07) is 28.8. The molecule has 4 aromatic rings. The van der Waals surface area contributed by atoms with E-state index >= 15 is 0 Å². The van der Waals surface area contributed by atoms with Gasteiger partial charge in [0.1, 0.15) is 5.75 Å². The average molecular weight is 399 g/mol. The molecule has 0 N–H and O–H groups in total. The normalized spacial score (nSPS) is 10.7. The molecular weight excluding hydrogens is 374 g/mol. The smallest absolute Gasteiger partial charge is 0.322 e. The highest BCUT2D eigenvalue weighted by Gasteiger charge is 2.19. The zero-order valence-electron chi connectivity index (χ0n) is 17.1. The number of aryl methyl sites for hydroxylation is 1. The third-order valence-electron chi connectivity index (χ3n) is 4.93. The van der Waals surface area contributed by atoms with Gasteiger partial charge in [0.15, 0.2) is 5.82 Å². The largest absolute Gasteiger partial charge is 0.495 e. The lowest BCUT2D eigenvalue weighted by Crippen LogP contribution is -2.07. The summed E-state index contributed by atoms with van der Waals surface area (Å²) in [4.78, 5) is 0. The lowest BCUT2D eigenvalue weighted by molar-refractivity contribution is 0.277. The van der Waals surface area contributed by atoms with Gasteiger partial charge in [-0.2, -0.15) is 0 Å². The molecule has 1 heterocycles. The summed E-state index contributed by atoms with van der Waals surface area (Å²) in [6.07, 6.45) is 3.03. The minimum Gasteiger partial charge on any atom is -0.495 e. The van der Waals surface area contributed by atoms with Crippen molar-refractivity contribution in [3.8, 4) is 28.8 Å². The molecule has 0 amide bonds. The molecule has 0 atom stereocenters. The molecule has 1 aromatic heterocycles. The number of hydrogen-bond donors (Lipinski definition) is 0. The first-order chi connectivity index (χ1) is 14.9. The zero-order chi connectivity index (χ0) is 20.6. The van der Waals surface area contributed by atoms with Gasteiger partial charge in [-0.15, -0.1) is 5.10 Å². The molecule has 152 valence electrons. The van der Waals surface area contributed by atoms with E-state index in [4.69, 9.17) is 9.47 Å². The van der Waals surface area contributed by atoms with E-state index in [1.807, 2.05) is 65.2 Å². The number of para-hydroxylation sites is 2. The van der Waals surface area contributed by atoms with Crippen molar-refractivity contribution in [1.82, 2.24) is 14.8 Å². The van der Waals surface area contributed by atoms with Crippen LogP contribution in [0, 0.1) is 0 Å². The van der Waals surface area contributed by atoms with Crippen LogP contribution in [0.4, 0.5) is 0 Å². The van der Waals surface area contributed by atoms with Gasteiger partial charge in [-0.25, -0.2) is 4.57 Å². The number of rotatable bonds is 9. The Balaban J connectivity index is 1.53. The molecule has 30 heavy (non-hydrogen) atoms. The van der Waals surface area contributed by atoms with Crippen LogP contribution in [-0.4, -0.2) is 28.5 Å². The van der Waals surface area contributed by atoms with E-state index in [0.29, 0.717) is 12.6 Å². The Bertz CT molecular complexity index is 1060. The van der Waals surface area contributed by atoms with E-state index in [1.165, 1.54) is 5.56 Å². The second-order valence-corrected chi connectivity index (χ2v) is 6.97. The molecule has 4 rings (SSSR count). The van der Waals surface area contributed by atoms with Gasteiger partial charge in [-0.3, -0.25) is 0 Å². The highest BCUT2D eigenvalue weighted by molar-refractivity contribution is 5.61. The van der Waals surface area contributed by atoms with Gasteiger partial charge in [-0.05, 0) is 37.0 Å². The molecule has 5 heteroatoms. The fourth-order valence-corrected chi connectivity index (χ4v) is 3.41. The summed E-state index contributed by atoms with van der Waals surface area (Å²) >= 11 is 0. The van der Waals surface area contributed by atoms with Crippen LogP contribution in [0.3, 0.4) is 0 Å². The van der Waals surface area contributed by atoms with Crippen molar-refractivity contribution in [1.29, 1.82) is 0 Å². The van der Waals surface area contributed by atoms with Gasteiger partial charge in [-0.1, -0.05) is 77.9 Å². The topological polar surface area (TPSA) is 49.2 Å². The predicted octanol–water partition coefficient (Wildman–Crippen LogP) is 5.34. The maximum Gasteiger partial charge on any atom is 0.322 e. The van der Waals surface area contributed by atoms with Crippen molar-refractivity contribution in [2.45, 2.75) is 19.3 Å². The molecule has 0 saturated carbocycles.